The molecule has 1 fully saturated rings. The third-order valence-corrected chi connectivity index (χ3v) is 6.58. The van der Waals surface area contributed by atoms with Gasteiger partial charge in [0.1, 0.15) is 5.82 Å². The van der Waals surface area contributed by atoms with Gasteiger partial charge in [0.2, 0.25) is 10.0 Å². The topological polar surface area (TPSA) is 101 Å². The highest BCUT2D eigenvalue weighted by Gasteiger charge is 2.34. The molecule has 1 heterocycles. The Morgan fingerprint density at radius 2 is 1.75 bits per heavy atom. The van der Waals surface area contributed by atoms with Crippen molar-refractivity contribution in [1.82, 2.24) is 9.21 Å². The van der Waals surface area contributed by atoms with Crippen LogP contribution in [0, 0.1) is 22.9 Å². The highest BCUT2D eigenvalue weighted by Crippen LogP contribution is 2.27. The van der Waals surface area contributed by atoms with E-state index in [4.69, 9.17) is 0 Å². The average molecular weight is 407 g/mol. The standard InChI is InChI=1S/C18H18FN3O5S/c1-13-6-7-14(19)12-15(13)18(23)20-8-10-21(11-9-20)28(26,27)17-5-3-2-4-16(17)22(24)25/h2-7,12H,8-11H2,1H3. The first-order chi connectivity index (χ1) is 13.2. The molecule has 0 radical (unpaired) electrons. The van der Waals surface area contributed by atoms with Crippen LogP contribution in [0.1, 0.15) is 15.9 Å². The first kappa shape index (κ1) is 19.9. The molecule has 1 aliphatic rings. The van der Waals surface area contributed by atoms with Gasteiger partial charge >= 0.3 is 0 Å². The minimum absolute atomic E-state index is 0.00547. The van der Waals surface area contributed by atoms with Crippen LogP contribution in [-0.2, 0) is 10.0 Å². The molecule has 0 atom stereocenters. The van der Waals surface area contributed by atoms with Gasteiger partial charge < -0.3 is 4.90 Å². The van der Waals surface area contributed by atoms with Crippen LogP contribution < -0.4 is 0 Å². The second-order valence-electron chi connectivity index (χ2n) is 6.38. The molecule has 0 N–H and O–H groups in total. The number of rotatable bonds is 4. The molecule has 10 heteroatoms. The summed E-state index contributed by atoms with van der Waals surface area (Å²) < 4.78 is 40.2. The fourth-order valence-corrected chi connectivity index (χ4v) is 4.67. The lowest BCUT2D eigenvalue weighted by Gasteiger charge is -2.34. The van der Waals surface area contributed by atoms with Gasteiger partial charge in [-0.2, -0.15) is 4.31 Å². The minimum Gasteiger partial charge on any atom is -0.336 e. The molecule has 8 nitrogen and oxygen atoms in total. The maximum absolute atomic E-state index is 13.5. The van der Waals surface area contributed by atoms with Crippen molar-refractivity contribution >= 4 is 21.6 Å². The highest BCUT2D eigenvalue weighted by molar-refractivity contribution is 7.89. The first-order valence-corrected chi connectivity index (χ1v) is 9.95. The molecule has 0 aromatic heterocycles. The zero-order valence-electron chi connectivity index (χ0n) is 15.0. The normalized spacial score (nSPS) is 15.4. The summed E-state index contributed by atoms with van der Waals surface area (Å²) in [4.78, 5) is 24.1. The maximum Gasteiger partial charge on any atom is 0.289 e. The van der Waals surface area contributed by atoms with Crippen LogP contribution in [0.25, 0.3) is 0 Å². The summed E-state index contributed by atoms with van der Waals surface area (Å²) >= 11 is 0. The van der Waals surface area contributed by atoms with E-state index in [9.17, 15) is 27.7 Å². The number of hydrogen-bond acceptors (Lipinski definition) is 5. The molecule has 0 aliphatic carbocycles. The molecule has 0 saturated carbocycles. The van der Waals surface area contributed by atoms with E-state index in [1.807, 2.05) is 0 Å². The van der Waals surface area contributed by atoms with Crippen molar-refractivity contribution in [1.29, 1.82) is 0 Å². The number of aryl methyl sites for hydroxylation is 1. The van der Waals surface area contributed by atoms with Crippen molar-refractivity contribution in [2.75, 3.05) is 26.2 Å². The summed E-state index contributed by atoms with van der Waals surface area (Å²) in [5, 5.41) is 11.1. The summed E-state index contributed by atoms with van der Waals surface area (Å²) in [5.74, 6) is -0.897. The number of piperazine rings is 1. The molecule has 1 saturated heterocycles. The van der Waals surface area contributed by atoms with Gasteiger partial charge in [0, 0.05) is 37.8 Å². The molecular formula is C18H18FN3O5S. The zero-order chi connectivity index (χ0) is 20.5. The van der Waals surface area contributed by atoms with Gasteiger partial charge in [-0.1, -0.05) is 18.2 Å². The van der Waals surface area contributed by atoms with E-state index in [0.717, 1.165) is 16.4 Å². The Kier molecular flexibility index (Phi) is 5.43. The van der Waals surface area contributed by atoms with Gasteiger partial charge in [-0.3, -0.25) is 14.9 Å². The molecule has 2 aromatic rings. The van der Waals surface area contributed by atoms with Crippen LogP contribution in [-0.4, -0.2) is 54.6 Å². The van der Waals surface area contributed by atoms with Gasteiger partial charge in [0.25, 0.3) is 11.6 Å². The minimum atomic E-state index is -4.07. The first-order valence-electron chi connectivity index (χ1n) is 8.51. The van der Waals surface area contributed by atoms with Gasteiger partial charge in [-0.05, 0) is 30.7 Å². The van der Waals surface area contributed by atoms with E-state index in [0.29, 0.717) is 5.56 Å². The Bertz CT molecular complexity index is 1030. The number of sulfonamides is 1. The highest BCUT2D eigenvalue weighted by atomic mass is 32.2. The Morgan fingerprint density at radius 3 is 2.39 bits per heavy atom. The number of benzene rings is 2. The second kappa shape index (κ2) is 7.64. The molecule has 0 bridgehead atoms. The Labute approximate surface area is 161 Å². The largest absolute Gasteiger partial charge is 0.336 e. The maximum atomic E-state index is 13.5. The van der Waals surface area contributed by atoms with Crippen molar-refractivity contribution in [3.8, 4) is 0 Å². The third kappa shape index (κ3) is 3.73. The molecule has 1 aliphatic heterocycles. The lowest BCUT2D eigenvalue weighted by atomic mass is 10.1. The van der Waals surface area contributed by atoms with E-state index in [1.54, 1.807) is 6.92 Å². The predicted molar refractivity (Wildman–Crippen MR) is 98.9 cm³/mol. The molecule has 3 rings (SSSR count). The number of carbonyl (C=O) groups is 1. The molecule has 0 unspecified atom stereocenters. The van der Waals surface area contributed by atoms with Gasteiger partial charge in [-0.15, -0.1) is 0 Å². The van der Waals surface area contributed by atoms with Gasteiger partial charge in [0.15, 0.2) is 4.90 Å². The van der Waals surface area contributed by atoms with Crippen LogP contribution in [0.5, 0.6) is 0 Å². The number of nitro groups is 1. The predicted octanol–water partition coefficient (Wildman–Crippen LogP) is 2.19. The fourth-order valence-electron chi connectivity index (χ4n) is 3.09. The van der Waals surface area contributed by atoms with Crippen LogP contribution >= 0.6 is 0 Å². The van der Waals surface area contributed by atoms with Crippen LogP contribution in [0.15, 0.2) is 47.4 Å². The lowest BCUT2D eigenvalue weighted by Crippen LogP contribution is -2.50. The summed E-state index contributed by atoms with van der Waals surface area (Å²) in [5.41, 5.74) is 0.368. The van der Waals surface area contributed by atoms with E-state index < -0.39 is 26.5 Å². The van der Waals surface area contributed by atoms with Gasteiger partial charge in [-0.25, -0.2) is 12.8 Å². The number of nitrogens with zero attached hydrogens (tertiary/aromatic N) is 3. The van der Waals surface area contributed by atoms with E-state index >= 15 is 0 Å². The fraction of sp³-hybridized carbons (Fsp3) is 0.278. The summed E-state index contributed by atoms with van der Waals surface area (Å²) in [7, 11) is -4.07. The van der Waals surface area contributed by atoms with Crippen molar-refractivity contribution < 1.29 is 22.5 Å². The molecule has 1 amide bonds. The Hall–Kier alpha value is -2.85. The SMILES string of the molecule is Cc1ccc(F)cc1C(=O)N1CCN(S(=O)(=O)c2ccccc2[N+](=O)[O-])CC1. The van der Waals surface area contributed by atoms with Crippen molar-refractivity contribution in [2.45, 2.75) is 11.8 Å². The number of nitro benzene ring substituents is 1. The molecule has 148 valence electrons. The smallest absolute Gasteiger partial charge is 0.289 e. The molecule has 2 aromatic carbocycles. The zero-order valence-corrected chi connectivity index (χ0v) is 15.9. The second-order valence-corrected chi connectivity index (χ2v) is 8.29. The van der Waals surface area contributed by atoms with E-state index in [1.165, 1.54) is 35.2 Å². The Morgan fingerprint density at radius 1 is 1.11 bits per heavy atom. The van der Waals surface area contributed by atoms with Gasteiger partial charge in [0.05, 0.1) is 4.92 Å². The van der Waals surface area contributed by atoms with E-state index in [-0.39, 0.29) is 42.5 Å². The van der Waals surface area contributed by atoms with Crippen LogP contribution in [0.4, 0.5) is 10.1 Å². The quantitative estimate of drug-likeness (QED) is 0.571. The summed E-state index contributed by atoms with van der Waals surface area (Å²) in [6, 6.07) is 9.09. The number of amides is 1. The Balaban J connectivity index is 1.77. The van der Waals surface area contributed by atoms with E-state index in [2.05, 4.69) is 0 Å². The van der Waals surface area contributed by atoms with Crippen LogP contribution in [0.3, 0.4) is 0 Å². The summed E-state index contributed by atoms with van der Waals surface area (Å²) in [6.07, 6.45) is 0. The average Bonchev–Trinajstić information content (AvgIpc) is 2.69. The third-order valence-electron chi connectivity index (χ3n) is 4.64. The lowest BCUT2D eigenvalue weighted by molar-refractivity contribution is -0.387. The monoisotopic (exact) mass is 407 g/mol. The number of para-hydroxylation sites is 1. The molecule has 0 spiro atoms. The van der Waals surface area contributed by atoms with Crippen molar-refractivity contribution in [3.63, 3.8) is 0 Å². The summed E-state index contributed by atoms with van der Waals surface area (Å²) in [6.45, 7) is 1.90. The van der Waals surface area contributed by atoms with Crippen molar-refractivity contribution in [2.24, 2.45) is 0 Å². The molecular weight excluding hydrogens is 389 g/mol. The van der Waals surface area contributed by atoms with Crippen molar-refractivity contribution in [3.05, 3.63) is 69.5 Å². The number of halogens is 1. The number of hydrogen-bond donors (Lipinski definition) is 0. The number of carbonyl (C=O) groups excluding carboxylic acids is 1. The molecule has 28 heavy (non-hydrogen) atoms. The van der Waals surface area contributed by atoms with Crippen LogP contribution in [0.2, 0.25) is 0 Å².